The van der Waals surface area contributed by atoms with Crippen LogP contribution in [0.15, 0.2) is 41.4 Å². The van der Waals surface area contributed by atoms with E-state index in [4.69, 9.17) is 5.14 Å². The molecule has 0 spiro atoms. The minimum absolute atomic E-state index is 0.0402. The van der Waals surface area contributed by atoms with Crippen molar-refractivity contribution in [3.05, 3.63) is 53.3 Å². The van der Waals surface area contributed by atoms with Crippen LogP contribution >= 0.6 is 0 Å². The summed E-state index contributed by atoms with van der Waals surface area (Å²) in [5.74, 6) is -0.220. The predicted octanol–water partition coefficient (Wildman–Crippen LogP) is 2.43. The molecule has 3 N–H and O–H groups in total. The van der Waals surface area contributed by atoms with Crippen LogP contribution < -0.4 is 10.5 Å². The summed E-state index contributed by atoms with van der Waals surface area (Å²) >= 11 is 0. The summed E-state index contributed by atoms with van der Waals surface area (Å²) < 4.78 is 24.6. The van der Waals surface area contributed by atoms with Crippen LogP contribution in [-0.2, 0) is 16.6 Å². The number of aryl methyl sites for hydroxylation is 1. The van der Waals surface area contributed by atoms with Crippen molar-refractivity contribution in [1.29, 1.82) is 0 Å². The highest BCUT2D eigenvalue weighted by Gasteiger charge is 2.22. The third kappa shape index (κ3) is 4.01. The van der Waals surface area contributed by atoms with Gasteiger partial charge in [-0.3, -0.25) is 4.79 Å². The van der Waals surface area contributed by atoms with Gasteiger partial charge in [0.25, 0.3) is 5.91 Å². The van der Waals surface area contributed by atoms with E-state index < -0.39 is 10.0 Å². The molecule has 1 fully saturated rings. The second-order valence-corrected chi connectivity index (χ2v) is 9.01. The van der Waals surface area contributed by atoms with Crippen LogP contribution in [0.4, 0.5) is 0 Å². The number of nitrogens with zero attached hydrogens (tertiary/aromatic N) is 3. The Labute approximate surface area is 169 Å². The van der Waals surface area contributed by atoms with Crippen molar-refractivity contribution in [3.8, 4) is 0 Å². The van der Waals surface area contributed by atoms with Crippen LogP contribution in [0.2, 0.25) is 0 Å². The number of carbonyl (C=O) groups excluding carboxylic acids is 1. The van der Waals surface area contributed by atoms with Gasteiger partial charge in [-0.05, 0) is 43.5 Å². The number of aromatic nitrogens is 3. The van der Waals surface area contributed by atoms with Crippen LogP contribution in [0.1, 0.15) is 53.3 Å². The summed E-state index contributed by atoms with van der Waals surface area (Å²) in [6, 6.07) is 8.23. The minimum Gasteiger partial charge on any atom is -0.348 e. The topological polar surface area (TPSA) is 120 Å². The molecule has 29 heavy (non-hydrogen) atoms. The predicted molar refractivity (Wildman–Crippen MR) is 109 cm³/mol. The first-order chi connectivity index (χ1) is 13.8. The lowest BCUT2D eigenvalue weighted by Crippen LogP contribution is -2.23. The van der Waals surface area contributed by atoms with E-state index in [2.05, 4.69) is 15.4 Å². The summed E-state index contributed by atoms with van der Waals surface area (Å²) in [4.78, 5) is 17.5. The lowest BCUT2D eigenvalue weighted by molar-refractivity contribution is 0.0952. The number of rotatable bonds is 5. The van der Waals surface area contributed by atoms with E-state index in [0.717, 1.165) is 35.1 Å². The van der Waals surface area contributed by atoms with Gasteiger partial charge in [0.05, 0.1) is 28.1 Å². The number of amides is 1. The Bertz CT molecular complexity index is 1160. The smallest absolute Gasteiger partial charge is 0.252 e. The van der Waals surface area contributed by atoms with E-state index in [1.54, 1.807) is 24.4 Å². The lowest BCUT2D eigenvalue weighted by Gasteiger charge is -2.12. The number of fused-ring (bicyclic) bond motifs is 1. The molecule has 1 aromatic carbocycles. The van der Waals surface area contributed by atoms with Crippen LogP contribution in [-0.4, -0.2) is 29.1 Å². The second kappa shape index (κ2) is 7.57. The largest absolute Gasteiger partial charge is 0.348 e. The van der Waals surface area contributed by atoms with Crippen LogP contribution in [0.3, 0.4) is 0 Å². The van der Waals surface area contributed by atoms with Crippen LogP contribution in [0.5, 0.6) is 0 Å². The number of sulfonamides is 1. The molecule has 0 radical (unpaired) electrons. The van der Waals surface area contributed by atoms with Crippen LogP contribution in [0, 0.1) is 6.92 Å². The van der Waals surface area contributed by atoms with Gasteiger partial charge >= 0.3 is 0 Å². The monoisotopic (exact) mass is 413 g/mol. The molecule has 8 nitrogen and oxygen atoms in total. The van der Waals surface area contributed by atoms with Crippen molar-refractivity contribution >= 4 is 27.0 Å². The van der Waals surface area contributed by atoms with Crippen molar-refractivity contribution in [2.45, 2.75) is 50.1 Å². The normalized spacial score (nSPS) is 15.1. The second-order valence-electron chi connectivity index (χ2n) is 7.45. The Hall–Kier alpha value is -2.78. The lowest BCUT2D eigenvalue weighted by atomic mass is 10.1. The Balaban J connectivity index is 1.55. The van der Waals surface area contributed by atoms with Crippen molar-refractivity contribution < 1.29 is 13.2 Å². The molecule has 0 bridgehead atoms. The van der Waals surface area contributed by atoms with Gasteiger partial charge in [-0.2, -0.15) is 5.10 Å². The van der Waals surface area contributed by atoms with Gasteiger partial charge in [-0.1, -0.05) is 25.0 Å². The van der Waals surface area contributed by atoms with Crippen molar-refractivity contribution in [1.82, 2.24) is 20.1 Å². The molecule has 2 heterocycles. The third-order valence-corrected chi connectivity index (χ3v) is 6.24. The first kappa shape index (κ1) is 19.5. The van der Waals surface area contributed by atoms with E-state index >= 15 is 0 Å². The molecule has 0 unspecified atom stereocenters. The third-order valence-electron chi connectivity index (χ3n) is 5.31. The summed E-state index contributed by atoms with van der Waals surface area (Å²) in [7, 11) is -3.73. The number of nitrogens with two attached hydrogens (primary N) is 1. The Morgan fingerprint density at radius 1 is 1.24 bits per heavy atom. The van der Waals surface area contributed by atoms with Gasteiger partial charge < -0.3 is 5.32 Å². The number of pyridine rings is 1. The zero-order chi connectivity index (χ0) is 20.6. The summed E-state index contributed by atoms with van der Waals surface area (Å²) in [6.07, 6.45) is 6.27. The fraction of sp³-hybridized carbons (Fsp3) is 0.350. The molecule has 2 aromatic heterocycles. The molecule has 1 amide bonds. The minimum atomic E-state index is -3.73. The SMILES string of the molecule is Cc1cc(C(=O)NCc2ccc(S(N)(=O)=O)cc2)c2cnn(C3CCCC3)c2n1. The van der Waals surface area contributed by atoms with E-state index in [9.17, 15) is 13.2 Å². The molecule has 0 aliphatic heterocycles. The molecule has 0 saturated heterocycles. The summed E-state index contributed by atoms with van der Waals surface area (Å²) in [6.45, 7) is 2.14. The fourth-order valence-electron chi connectivity index (χ4n) is 3.82. The highest BCUT2D eigenvalue weighted by atomic mass is 32.2. The Morgan fingerprint density at radius 3 is 2.59 bits per heavy atom. The maximum atomic E-state index is 12.8. The maximum Gasteiger partial charge on any atom is 0.252 e. The number of nitrogens with one attached hydrogen (secondary N) is 1. The maximum absolute atomic E-state index is 12.8. The van der Waals surface area contributed by atoms with Gasteiger partial charge in [0.2, 0.25) is 10.0 Å². The number of benzene rings is 1. The zero-order valence-corrected chi connectivity index (χ0v) is 16.9. The molecular formula is C20H23N5O3S. The average molecular weight is 414 g/mol. The molecule has 0 atom stereocenters. The van der Waals surface area contributed by atoms with Gasteiger partial charge in [-0.25, -0.2) is 23.2 Å². The van der Waals surface area contributed by atoms with Crippen molar-refractivity contribution in [3.63, 3.8) is 0 Å². The number of primary sulfonamides is 1. The molecular weight excluding hydrogens is 390 g/mol. The number of hydrogen-bond acceptors (Lipinski definition) is 5. The van der Waals surface area contributed by atoms with Gasteiger partial charge in [0.15, 0.2) is 5.65 Å². The van der Waals surface area contributed by atoms with Gasteiger partial charge in [-0.15, -0.1) is 0 Å². The standard InChI is InChI=1S/C20H23N5O3S/c1-13-10-17(18-12-23-25(19(18)24-13)15-4-2-3-5-15)20(26)22-11-14-6-8-16(9-7-14)29(21,27)28/h6-10,12,15H,2-5,11H2,1H3,(H,22,26)(H2,21,27,28). The van der Waals surface area contributed by atoms with Crippen molar-refractivity contribution in [2.75, 3.05) is 0 Å². The number of hydrogen-bond donors (Lipinski definition) is 2. The first-order valence-electron chi connectivity index (χ1n) is 9.58. The molecule has 3 aromatic rings. The molecule has 1 aliphatic carbocycles. The Morgan fingerprint density at radius 2 is 1.93 bits per heavy atom. The van der Waals surface area contributed by atoms with Gasteiger partial charge in [0.1, 0.15) is 0 Å². The summed E-state index contributed by atoms with van der Waals surface area (Å²) in [5.41, 5.74) is 2.83. The van der Waals surface area contributed by atoms with Crippen molar-refractivity contribution in [2.24, 2.45) is 5.14 Å². The first-order valence-corrected chi connectivity index (χ1v) is 11.1. The quantitative estimate of drug-likeness (QED) is 0.666. The van der Waals surface area contributed by atoms with Gasteiger partial charge in [0, 0.05) is 12.2 Å². The number of carbonyl (C=O) groups is 1. The molecule has 4 rings (SSSR count). The zero-order valence-electron chi connectivity index (χ0n) is 16.1. The highest BCUT2D eigenvalue weighted by molar-refractivity contribution is 7.89. The van der Waals surface area contributed by atoms with E-state index in [1.165, 1.54) is 25.0 Å². The van der Waals surface area contributed by atoms with E-state index in [1.807, 2.05) is 11.6 Å². The van der Waals surface area contributed by atoms with E-state index in [0.29, 0.717) is 11.6 Å². The Kier molecular flexibility index (Phi) is 5.10. The highest BCUT2D eigenvalue weighted by Crippen LogP contribution is 2.32. The summed E-state index contributed by atoms with van der Waals surface area (Å²) in [5, 5.41) is 13.3. The fourth-order valence-corrected chi connectivity index (χ4v) is 4.34. The molecule has 152 valence electrons. The average Bonchev–Trinajstić information content (AvgIpc) is 3.34. The molecule has 1 saturated carbocycles. The molecule has 1 aliphatic rings. The van der Waals surface area contributed by atoms with E-state index in [-0.39, 0.29) is 17.3 Å². The van der Waals surface area contributed by atoms with Crippen LogP contribution in [0.25, 0.3) is 11.0 Å². The molecule has 9 heteroatoms.